The van der Waals surface area contributed by atoms with Crippen molar-refractivity contribution in [3.8, 4) is 5.75 Å². The van der Waals surface area contributed by atoms with Crippen LogP contribution >= 0.6 is 0 Å². The quantitative estimate of drug-likeness (QED) is 0.669. The van der Waals surface area contributed by atoms with Gasteiger partial charge in [0.2, 0.25) is 6.29 Å². The summed E-state index contributed by atoms with van der Waals surface area (Å²) in [6.45, 7) is -0.0612. The molecule has 1 aromatic rings. The highest BCUT2D eigenvalue weighted by molar-refractivity contribution is 5.41. The van der Waals surface area contributed by atoms with Crippen LogP contribution < -0.4 is 10.5 Å². The van der Waals surface area contributed by atoms with Crippen molar-refractivity contribution in [3.05, 3.63) is 24.3 Å². The Morgan fingerprint density at radius 1 is 1.29 bits per heavy atom. The molecule has 0 saturated carbocycles. The van der Waals surface area contributed by atoms with Gasteiger partial charge in [-0.1, -0.05) is 0 Å². The Labute approximate surface area is 99.8 Å². The highest BCUT2D eigenvalue weighted by Crippen LogP contribution is 2.23. The summed E-state index contributed by atoms with van der Waals surface area (Å²) in [5, 5.41) is 18.8. The second kappa shape index (κ2) is 5.35. The van der Waals surface area contributed by atoms with Crippen LogP contribution in [0.3, 0.4) is 0 Å². The largest absolute Gasteiger partial charge is 0.462 e. The maximum Gasteiger partial charge on any atom is 0.226 e. The summed E-state index contributed by atoms with van der Waals surface area (Å²) in [7, 11) is 0. The number of hydrogen-bond donors (Lipinski definition) is 3. The molecule has 4 N–H and O–H groups in total. The number of ether oxygens (including phenoxy) is 2. The molecule has 0 spiro atoms. The van der Waals surface area contributed by atoms with Crippen LogP contribution in [0.25, 0.3) is 0 Å². The van der Waals surface area contributed by atoms with E-state index in [1.54, 1.807) is 24.3 Å². The number of anilines is 1. The minimum Gasteiger partial charge on any atom is -0.462 e. The van der Waals surface area contributed by atoms with Gasteiger partial charge in [-0.05, 0) is 37.1 Å². The maximum absolute atomic E-state index is 9.74. The lowest BCUT2D eigenvalue weighted by atomic mass is 10.1. The molecular formula is C12H17NO4. The third-order valence-electron chi connectivity index (χ3n) is 2.76. The van der Waals surface area contributed by atoms with Gasteiger partial charge in [-0.15, -0.1) is 0 Å². The third-order valence-corrected chi connectivity index (χ3v) is 2.76. The summed E-state index contributed by atoms with van der Waals surface area (Å²) in [4.78, 5) is 0. The summed E-state index contributed by atoms with van der Waals surface area (Å²) in [5.74, 6) is 0.585. The molecule has 0 amide bonds. The van der Waals surface area contributed by atoms with Gasteiger partial charge in [-0.25, -0.2) is 0 Å². The predicted octanol–water partition coefficient (Wildman–Crippen LogP) is 0.506. The molecule has 1 heterocycles. The number of hydrogen-bond acceptors (Lipinski definition) is 5. The molecule has 0 bridgehead atoms. The normalized spacial score (nSPS) is 28.9. The van der Waals surface area contributed by atoms with Crippen LogP contribution in [-0.2, 0) is 4.74 Å². The van der Waals surface area contributed by atoms with Crippen molar-refractivity contribution in [1.82, 2.24) is 0 Å². The van der Waals surface area contributed by atoms with Crippen molar-refractivity contribution in [2.75, 3.05) is 12.3 Å². The monoisotopic (exact) mass is 239 g/mol. The molecule has 1 aliphatic rings. The fourth-order valence-electron chi connectivity index (χ4n) is 1.76. The van der Waals surface area contributed by atoms with E-state index in [4.69, 9.17) is 20.3 Å². The number of aliphatic hydroxyl groups is 2. The first kappa shape index (κ1) is 12.2. The summed E-state index contributed by atoms with van der Waals surface area (Å²) in [6.07, 6.45) is -0.471. The zero-order valence-electron chi connectivity index (χ0n) is 9.45. The molecule has 1 aliphatic heterocycles. The molecule has 1 aromatic carbocycles. The highest BCUT2D eigenvalue weighted by Gasteiger charge is 2.31. The Balaban J connectivity index is 1.98. The zero-order valence-corrected chi connectivity index (χ0v) is 9.45. The van der Waals surface area contributed by atoms with E-state index >= 15 is 0 Å². The Morgan fingerprint density at radius 3 is 2.65 bits per heavy atom. The highest BCUT2D eigenvalue weighted by atomic mass is 16.7. The lowest BCUT2D eigenvalue weighted by Crippen LogP contribution is -2.43. The summed E-state index contributed by atoms with van der Waals surface area (Å²) < 4.78 is 10.9. The summed E-state index contributed by atoms with van der Waals surface area (Å²) in [6, 6.07) is 6.87. The molecule has 1 saturated heterocycles. The van der Waals surface area contributed by atoms with Crippen molar-refractivity contribution in [3.63, 3.8) is 0 Å². The number of nitrogen functional groups attached to an aromatic ring is 1. The lowest BCUT2D eigenvalue weighted by Gasteiger charge is -2.32. The van der Waals surface area contributed by atoms with E-state index in [1.165, 1.54) is 0 Å². The molecule has 0 aliphatic carbocycles. The van der Waals surface area contributed by atoms with Crippen molar-refractivity contribution < 1.29 is 19.7 Å². The molecular weight excluding hydrogens is 222 g/mol. The second-order valence-corrected chi connectivity index (χ2v) is 4.14. The van der Waals surface area contributed by atoms with E-state index in [0.29, 0.717) is 24.3 Å². The average Bonchev–Trinajstić information content (AvgIpc) is 2.35. The smallest absolute Gasteiger partial charge is 0.226 e. The van der Waals surface area contributed by atoms with Crippen LogP contribution in [0.1, 0.15) is 12.8 Å². The van der Waals surface area contributed by atoms with Gasteiger partial charge in [0, 0.05) is 5.69 Å². The molecule has 1 fully saturated rings. The summed E-state index contributed by atoms with van der Waals surface area (Å²) >= 11 is 0. The Bertz CT molecular complexity index is 354. The standard InChI is InChI=1S/C12H17NO4/c13-8-1-3-9(4-2-8)16-12-11(15)6-5-10(7-14)17-12/h1-4,10-12,14-15H,5-7,13H2/t10-,11-,12-/m1/s1. The number of aliphatic hydroxyl groups excluding tert-OH is 2. The van der Waals surface area contributed by atoms with Crippen LogP contribution in [0.4, 0.5) is 5.69 Å². The van der Waals surface area contributed by atoms with Crippen LogP contribution in [0, 0.1) is 0 Å². The minimum atomic E-state index is -0.732. The maximum atomic E-state index is 9.74. The van der Waals surface area contributed by atoms with Crippen molar-refractivity contribution in [1.29, 1.82) is 0 Å². The topological polar surface area (TPSA) is 84.9 Å². The minimum absolute atomic E-state index is 0.0612. The Hall–Kier alpha value is -1.30. The van der Waals surface area contributed by atoms with Gasteiger partial charge in [-0.2, -0.15) is 0 Å². The van der Waals surface area contributed by atoms with Crippen molar-refractivity contribution in [2.24, 2.45) is 0 Å². The van der Waals surface area contributed by atoms with E-state index in [2.05, 4.69) is 0 Å². The van der Waals surface area contributed by atoms with E-state index in [-0.39, 0.29) is 12.7 Å². The van der Waals surface area contributed by atoms with Gasteiger partial charge < -0.3 is 25.4 Å². The van der Waals surface area contributed by atoms with Crippen LogP contribution in [0.2, 0.25) is 0 Å². The molecule has 0 radical (unpaired) electrons. The average molecular weight is 239 g/mol. The van der Waals surface area contributed by atoms with Gasteiger partial charge in [-0.3, -0.25) is 0 Å². The fourth-order valence-corrected chi connectivity index (χ4v) is 1.76. The Kier molecular flexibility index (Phi) is 3.83. The molecule has 0 unspecified atom stereocenters. The third kappa shape index (κ3) is 3.09. The van der Waals surface area contributed by atoms with E-state index in [1.807, 2.05) is 0 Å². The fraction of sp³-hybridized carbons (Fsp3) is 0.500. The molecule has 17 heavy (non-hydrogen) atoms. The van der Waals surface area contributed by atoms with Gasteiger partial charge in [0.15, 0.2) is 0 Å². The first-order valence-corrected chi connectivity index (χ1v) is 5.65. The van der Waals surface area contributed by atoms with Gasteiger partial charge >= 0.3 is 0 Å². The zero-order chi connectivity index (χ0) is 12.3. The number of benzene rings is 1. The molecule has 2 rings (SSSR count). The van der Waals surface area contributed by atoms with Gasteiger partial charge in [0.25, 0.3) is 0 Å². The van der Waals surface area contributed by atoms with E-state index < -0.39 is 12.4 Å². The molecule has 3 atom stereocenters. The molecule has 5 nitrogen and oxygen atoms in total. The molecule has 0 aromatic heterocycles. The second-order valence-electron chi connectivity index (χ2n) is 4.14. The molecule has 5 heteroatoms. The first-order chi connectivity index (χ1) is 8.19. The SMILES string of the molecule is Nc1ccc(O[C@@H]2O[C@@H](CO)CC[C@H]2O)cc1. The number of nitrogens with two attached hydrogens (primary N) is 1. The van der Waals surface area contributed by atoms with E-state index in [9.17, 15) is 5.11 Å². The van der Waals surface area contributed by atoms with E-state index in [0.717, 1.165) is 0 Å². The van der Waals surface area contributed by atoms with Crippen LogP contribution in [0.5, 0.6) is 5.75 Å². The van der Waals surface area contributed by atoms with Crippen LogP contribution in [0.15, 0.2) is 24.3 Å². The van der Waals surface area contributed by atoms with Crippen molar-refractivity contribution in [2.45, 2.75) is 31.3 Å². The lowest BCUT2D eigenvalue weighted by molar-refractivity contribution is -0.208. The first-order valence-electron chi connectivity index (χ1n) is 5.65. The molecule has 94 valence electrons. The van der Waals surface area contributed by atoms with Crippen molar-refractivity contribution >= 4 is 5.69 Å². The van der Waals surface area contributed by atoms with Crippen LogP contribution in [-0.4, -0.2) is 35.3 Å². The predicted molar refractivity (Wildman–Crippen MR) is 62.5 cm³/mol. The summed E-state index contributed by atoms with van der Waals surface area (Å²) in [5.41, 5.74) is 6.21. The van der Waals surface area contributed by atoms with Gasteiger partial charge in [0.1, 0.15) is 11.9 Å². The Morgan fingerprint density at radius 2 is 2.00 bits per heavy atom. The number of rotatable bonds is 3. The van der Waals surface area contributed by atoms with Gasteiger partial charge in [0.05, 0.1) is 12.7 Å².